The van der Waals surface area contributed by atoms with E-state index in [0.717, 1.165) is 30.0 Å². The van der Waals surface area contributed by atoms with Crippen LogP contribution in [0.5, 0.6) is 0 Å². The van der Waals surface area contributed by atoms with E-state index in [-0.39, 0.29) is 6.04 Å². The van der Waals surface area contributed by atoms with E-state index in [0.29, 0.717) is 6.04 Å². The molecule has 98 valence electrons. The molecule has 2 N–H and O–H groups in total. The third kappa shape index (κ3) is 2.46. The van der Waals surface area contributed by atoms with Crippen molar-refractivity contribution in [3.05, 3.63) is 24.4 Å². The second-order valence-electron chi connectivity index (χ2n) is 4.79. The molecule has 5 heteroatoms. The molecule has 18 heavy (non-hydrogen) atoms. The Bertz CT molecular complexity index is 501. The van der Waals surface area contributed by atoms with Gasteiger partial charge in [0, 0.05) is 12.1 Å². The molecule has 0 amide bonds. The van der Waals surface area contributed by atoms with E-state index in [1.165, 1.54) is 0 Å². The molecule has 5 nitrogen and oxygen atoms in total. The first kappa shape index (κ1) is 12.8. The largest absolute Gasteiger partial charge is 0.359 e. The summed E-state index contributed by atoms with van der Waals surface area (Å²) >= 11 is 0. The lowest BCUT2D eigenvalue weighted by atomic mass is 10.1. The highest BCUT2D eigenvalue weighted by Crippen LogP contribution is 2.25. The summed E-state index contributed by atoms with van der Waals surface area (Å²) < 4.78 is 7.38. The summed E-state index contributed by atoms with van der Waals surface area (Å²) in [5.41, 5.74) is 7.77. The van der Waals surface area contributed by atoms with Crippen LogP contribution in [0, 0.1) is 0 Å². The van der Waals surface area contributed by atoms with Crippen molar-refractivity contribution in [2.75, 3.05) is 0 Å². The zero-order chi connectivity index (χ0) is 13.1. The minimum atomic E-state index is -0.0772. The molecule has 0 saturated carbocycles. The van der Waals surface area contributed by atoms with Gasteiger partial charge in [0.15, 0.2) is 5.76 Å². The summed E-state index contributed by atoms with van der Waals surface area (Å²) in [6, 6.07) is 2.18. The lowest BCUT2D eigenvalue weighted by molar-refractivity contribution is 0.356. The average molecular weight is 248 g/mol. The molecular formula is C13H20N4O. The molecule has 0 bridgehead atoms. The van der Waals surface area contributed by atoms with Gasteiger partial charge in [0.05, 0.1) is 24.3 Å². The van der Waals surface area contributed by atoms with E-state index in [1.807, 2.05) is 6.07 Å². The second-order valence-corrected chi connectivity index (χ2v) is 4.79. The van der Waals surface area contributed by atoms with Crippen LogP contribution in [0.25, 0.3) is 11.4 Å². The van der Waals surface area contributed by atoms with E-state index in [1.54, 1.807) is 12.5 Å². The monoisotopic (exact) mass is 248 g/mol. The molecule has 0 saturated heterocycles. The minimum absolute atomic E-state index is 0.0772. The van der Waals surface area contributed by atoms with Crippen molar-refractivity contribution in [3.8, 4) is 11.4 Å². The van der Waals surface area contributed by atoms with E-state index < -0.39 is 0 Å². The van der Waals surface area contributed by atoms with E-state index in [4.69, 9.17) is 10.3 Å². The second kappa shape index (κ2) is 5.35. The molecule has 0 aliphatic carbocycles. The van der Waals surface area contributed by atoms with Gasteiger partial charge in [0.2, 0.25) is 0 Å². The van der Waals surface area contributed by atoms with Crippen molar-refractivity contribution < 1.29 is 4.52 Å². The maximum Gasteiger partial charge on any atom is 0.154 e. The number of rotatable bonds is 5. The van der Waals surface area contributed by atoms with Gasteiger partial charge in [-0.15, -0.1) is 0 Å². The van der Waals surface area contributed by atoms with E-state index in [9.17, 15) is 0 Å². The Hall–Kier alpha value is -1.62. The number of nitrogens with two attached hydrogens (primary N) is 1. The minimum Gasteiger partial charge on any atom is -0.359 e. The number of hydrogen-bond donors (Lipinski definition) is 1. The van der Waals surface area contributed by atoms with E-state index in [2.05, 4.69) is 35.5 Å². The molecule has 1 atom stereocenters. The number of hydrogen-bond acceptors (Lipinski definition) is 4. The molecule has 0 fully saturated rings. The Morgan fingerprint density at radius 3 is 2.89 bits per heavy atom. The quantitative estimate of drug-likeness (QED) is 0.883. The summed E-state index contributed by atoms with van der Waals surface area (Å²) in [6.45, 7) is 6.31. The van der Waals surface area contributed by atoms with Crippen LogP contribution in [0.15, 0.2) is 23.1 Å². The van der Waals surface area contributed by atoms with Gasteiger partial charge in [0.25, 0.3) is 0 Å². The van der Waals surface area contributed by atoms with Crippen molar-refractivity contribution >= 4 is 0 Å². The molecule has 2 aromatic rings. The Kier molecular flexibility index (Phi) is 3.81. The normalized spacial score (nSPS) is 13.2. The summed E-state index contributed by atoms with van der Waals surface area (Å²) in [5, 5.41) is 4.09. The smallest absolute Gasteiger partial charge is 0.154 e. The summed E-state index contributed by atoms with van der Waals surface area (Å²) in [5.74, 6) is 0.739. The van der Waals surface area contributed by atoms with Gasteiger partial charge in [-0.05, 0) is 20.3 Å². The van der Waals surface area contributed by atoms with E-state index >= 15 is 0 Å². The standard InChI is InChI=1S/C13H20N4O/c1-4-5-10(14)13-6-11(16-18-13)12-7-15-8-17(12)9(2)3/h6-10H,4-5,14H2,1-3H3. The van der Waals surface area contributed by atoms with Gasteiger partial charge < -0.3 is 14.8 Å². The molecule has 0 radical (unpaired) electrons. The zero-order valence-corrected chi connectivity index (χ0v) is 11.1. The SMILES string of the molecule is CCCC(N)c1cc(-c2cncn2C(C)C)no1. The average Bonchev–Trinajstić information content (AvgIpc) is 2.98. The molecule has 0 aliphatic heterocycles. The molecule has 0 spiro atoms. The van der Waals surface area contributed by atoms with Gasteiger partial charge in [-0.3, -0.25) is 0 Å². The zero-order valence-electron chi connectivity index (χ0n) is 11.1. The van der Waals surface area contributed by atoms with Crippen LogP contribution in [-0.4, -0.2) is 14.7 Å². The molecule has 0 aliphatic rings. The summed E-state index contributed by atoms with van der Waals surface area (Å²) in [4.78, 5) is 4.16. The van der Waals surface area contributed by atoms with Crippen molar-refractivity contribution in [2.45, 2.75) is 45.7 Å². The highest BCUT2D eigenvalue weighted by atomic mass is 16.5. The topological polar surface area (TPSA) is 69.9 Å². The highest BCUT2D eigenvalue weighted by molar-refractivity contribution is 5.53. The molecule has 2 rings (SSSR count). The maximum atomic E-state index is 6.01. The van der Waals surface area contributed by atoms with Crippen LogP contribution < -0.4 is 5.73 Å². The van der Waals surface area contributed by atoms with Gasteiger partial charge in [-0.1, -0.05) is 18.5 Å². The summed E-state index contributed by atoms with van der Waals surface area (Å²) in [7, 11) is 0. The predicted molar refractivity (Wildman–Crippen MR) is 69.9 cm³/mol. The van der Waals surface area contributed by atoms with Crippen LogP contribution >= 0.6 is 0 Å². The van der Waals surface area contributed by atoms with Crippen molar-refractivity contribution in [2.24, 2.45) is 5.73 Å². The molecule has 2 heterocycles. The Balaban J connectivity index is 2.26. The summed E-state index contributed by atoms with van der Waals surface area (Å²) in [6.07, 6.45) is 5.53. The lowest BCUT2D eigenvalue weighted by Crippen LogP contribution is -2.08. The highest BCUT2D eigenvalue weighted by Gasteiger charge is 2.16. The van der Waals surface area contributed by atoms with Crippen LogP contribution in [-0.2, 0) is 0 Å². The first-order chi connectivity index (χ1) is 8.63. The first-order valence-electron chi connectivity index (χ1n) is 6.37. The third-order valence-corrected chi connectivity index (χ3v) is 2.98. The molecular weight excluding hydrogens is 228 g/mol. The fourth-order valence-corrected chi connectivity index (χ4v) is 1.95. The van der Waals surface area contributed by atoms with Crippen LogP contribution in [0.1, 0.15) is 51.5 Å². The molecule has 0 aromatic carbocycles. The Labute approximate surface area is 107 Å². The number of nitrogens with zero attached hydrogens (tertiary/aromatic N) is 3. The van der Waals surface area contributed by atoms with Gasteiger partial charge >= 0.3 is 0 Å². The first-order valence-corrected chi connectivity index (χ1v) is 6.37. The Morgan fingerprint density at radius 2 is 2.22 bits per heavy atom. The van der Waals surface area contributed by atoms with Crippen LogP contribution in [0.2, 0.25) is 0 Å². The van der Waals surface area contributed by atoms with Crippen molar-refractivity contribution in [1.29, 1.82) is 0 Å². The van der Waals surface area contributed by atoms with Crippen LogP contribution in [0.4, 0.5) is 0 Å². The number of imidazole rings is 1. The number of aromatic nitrogens is 3. The van der Waals surface area contributed by atoms with Gasteiger partial charge in [0.1, 0.15) is 5.69 Å². The Morgan fingerprint density at radius 1 is 1.44 bits per heavy atom. The third-order valence-electron chi connectivity index (χ3n) is 2.98. The van der Waals surface area contributed by atoms with Gasteiger partial charge in [-0.2, -0.15) is 0 Å². The molecule has 1 unspecified atom stereocenters. The lowest BCUT2D eigenvalue weighted by Gasteiger charge is -2.09. The van der Waals surface area contributed by atoms with Gasteiger partial charge in [-0.25, -0.2) is 4.98 Å². The maximum absolute atomic E-state index is 6.01. The fourth-order valence-electron chi connectivity index (χ4n) is 1.95. The predicted octanol–water partition coefficient (Wildman–Crippen LogP) is 2.92. The van der Waals surface area contributed by atoms with Crippen LogP contribution in [0.3, 0.4) is 0 Å². The van der Waals surface area contributed by atoms with Crippen molar-refractivity contribution in [1.82, 2.24) is 14.7 Å². The molecule has 2 aromatic heterocycles. The van der Waals surface area contributed by atoms with Crippen molar-refractivity contribution in [3.63, 3.8) is 0 Å². The fraction of sp³-hybridized carbons (Fsp3) is 0.538.